The number of carbonyl (C=O) groups excluding carboxylic acids is 2. The van der Waals surface area contributed by atoms with Crippen molar-refractivity contribution < 1.29 is 14.3 Å². The lowest BCUT2D eigenvalue weighted by Gasteiger charge is -2.19. The minimum atomic E-state index is -0.774. The molecule has 2 amide bonds. The number of carbonyl (C=O) groups is 2. The van der Waals surface area contributed by atoms with Gasteiger partial charge in [-0.05, 0) is 38.3 Å². The third kappa shape index (κ3) is 4.19. The Kier molecular flexibility index (Phi) is 6.31. The molecule has 4 N–H and O–H groups in total. The largest absolute Gasteiger partial charge is 0.450 e. The summed E-state index contributed by atoms with van der Waals surface area (Å²) in [5.74, 6) is 0.125. The highest BCUT2D eigenvalue weighted by molar-refractivity contribution is 6.35. The van der Waals surface area contributed by atoms with Crippen molar-refractivity contribution in [2.24, 2.45) is 5.73 Å². The number of nitrogens with zero attached hydrogens (tertiary/aromatic N) is 3. The molecule has 0 saturated heterocycles. The number of rotatable bonds is 7. The van der Waals surface area contributed by atoms with Crippen molar-refractivity contribution in [1.82, 2.24) is 14.5 Å². The van der Waals surface area contributed by atoms with Crippen LogP contribution in [0.25, 0.3) is 11.0 Å². The molecular formula is C17H24ClN5O3. The van der Waals surface area contributed by atoms with E-state index < -0.39 is 6.09 Å². The monoisotopic (exact) mass is 381 g/mol. The van der Waals surface area contributed by atoms with E-state index in [0.717, 1.165) is 12.8 Å². The maximum atomic E-state index is 12.6. The molecule has 0 unspecified atom stereocenters. The maximum Gasteiger partial charge on any atom is 0.404 e. The fraction of sp³-hybridized carbons (Fsp3) is 0.471. The molecule has 9 heteroatoms. The molecule has 1 aromatic carbocycles. The lowest BCUT2D eigenvalue weighted by Crippen LogP contribution is -2.23. The summed E-state index contributed by atoms with van der Waals surface area (Å²) >= 11 is 6.31. The Morgan fingerprint density at radius 1 is 1.35 bits per heavy atom. The number of unbranched alkanes of at least 4 members (excludes halogenated alkanes) is 1. The molecule has 2 rings (SSSR count). The van der Waals surface area contributed by atoms with Crippen molar-refractivity contribution >= 4 is 40.6 Å². The number of primary amides is 1. The second-order valence-corrected chi connectivity index (χ2v) is 6.75. The molecule has 0 fully saturated rings. The molecule has 26 heavy (non-hydrogen) atoms. The van der Waals surface area contributed by atoms with E-state index in [1.165, 1.54) is 4.90 Å². The van der Waals surface area contributed by atoms with Crippen LogP contribution in [0.3, 0.4) is 0 Å². The fourth-order valence-corrected chi connectivity index (χ4v) is 3.13. The van der Waals surface area contributed by atoms with E-state index in [1.807, 2.05) is 11.5 Å². The molecule has 142 valence electrons. The number of benzene rings is 1. The van der Waals surface area contributed by atoms with Crippen LogP contribution in [0.2, 0.25) is 5.02 Å². The highest BCUT2D eigenvalue weighted by atomic mass is 35.5. The van der Waals surface area contributed by atoms with Crippen LogP contribution in [0.5, 0.6) is 0 Å². The summed E-state index contributed by atoms with van der Waals surface area (Å²) in [5, 5.41) is 0.361. The summed E-state index contributed by atoms with van der Waals surface area (Å²) in [6.07, 6.45) is 1.47. The van der Waals surface area contributed by atoms with Crippen molar-refractivity contribution in [3.8, 4) is 0 Å². The highest BCUT2D eigenvalue weighted by Gasteiger charge is 2.23. The van der Waals surface area contributed by atoms with E-state index in [0.29, 0.717) is 34.0 Å². The van der Waals surface area contributed by atoms with Gasteiger partial charge in [-0.1, -0.05) is 11.6 Å². The van der Waals surface area contributed by atoms with Gasteiger partial charge in [0.15, 0.2) is 0 Å². The second kappa shape index (κ2) is 8.27. The zero-order chi connectivity index (χ0) is 19.4. The van der Waals surface area contributed by atoms with Gasteiger partial charge in [-0.2, -0.15) is 0 Å². The van der Waals surface area contributed by atoms with E-state index in [-0.39, 0.29) is 18.6 Å². The molecule has 0 radical (unpaired) electrons. The van der Waals surface area contributed by atoms with Crippen LogP contribution >= 0.6 is 11.6 Å². The first kappa shape index (κ1) is 19.8. The Morgan fingerprint density at radius 2 is 2.04 bits per heavy atom. The van der Waals surface area contributed by atoms with E-state index in [9.17, 15) is 9.59 Å². The van der Waals surface area contributed by atoms with Crippen LogP contribution in [-0.2, 0) is 4.74 Å². The minimum absolute atomic E-state index is 0.0132. The van der Waals surface area contributed by atoms with Gasteiger partial charge < -0.3 is 25.7 Å². The molecule has 0 spiro atoms. The van der Waals surface area contributed by atoms with Crippen LogP contribution in [0.15, 0.2) is 12.1 Å². The number of aromatic nitrogens is 2. The van der Waals surface area contributed by atoms with Crippen molar-refractivity contribution in [1.29, 1.82) is 0 Å². The number of amides is 2. The number of nitrogen functional groups attached to an aromatic ring is 1. The lowest BCUT2D eigenvalue weighted by molar-refractivity contribution is 0.0829. The molecule has 2 aromatic rings. The Hall–Kier alpha value is -2.48. The smallest absolute Gasteiger partial charge is 0.404 e. The van der Waals surface area contributed by atoms with Crippen LogP contribution in [0.1, 0.15) is 42.6 Å². The number of ether oxygens (including phenoxy) is 1. The van der Waals surface area contributed by atoms with Crippen molar-refractivity contribution in [2.75, 3.05) is 26.4 Å². The SMILES string of the molecule is C[C@H](CCCCOC(N)=O)n1c(N)nc2ccc(Cl)c(C(=O)N(C)C)c21. The van der Waals surface area contributed by atoms with Gasteiger partial charge in [-0.15, -0.1) is 0 Å². The van der Waals surface area contributed by atoms with Gasteiger partial charge in [-0.3, -0.25) is 4.79 Å². The number of halogens is 1. The van der Waals surface area contributed by atoms with Gasteiger partial charge in [0.05, 0.1) is 28.2 Å². The van der Waals surface area contributed by atoms with Gasteiger partial charge in [0.25, 0.3) is 5.91 Å². The normalized spacial score (nSPS) is 12.2. The molecule has 8 nitrogen and oxygen atoms in total. The molecule has 1 heterocycles. The molecule has 0 saturated carbocycles. The standard InChI is InChI=1S/C17H24ClN5O3/c1-10(6-4-5-9-26-17(20)25)23-14-12(21-16(23)19)8-7-11(18)13(14)15(24)22(2)3/h7-8,10H,4-6,9H2,1-3H3,(H2,19,21)(H2,20,25)/t10-/m1/s1. The molecular weight excluding hydrogens is 358 g/mol. The number of fused-ring (bicyclic) bond motifs is 1. The van der Waals surface area contributed by atoms with Gasteiger partial charge >= 0.3 is 6.09 Å². The number of nitrogens with two attached hydrogens (primary N) is 2. The zero-order valence-electron chi connectivity index (χ0n) is 15.2. The average Bonchev–Trinajstić information content (AvgIpc) is 2.89. The van der Waals surface area contributed by atoms with E-state index in [4.69, 9.17) is 27.8 Å². The summed E-state index contributed by atoms with van der Waals surface area (Å²) in [4.78, 5) is 29.1. The maximum absolute atomic E-state index is 12.6. The van der Waals surface area contributed by atoms with Gasteiger partial charge in [-0.25, -0.2) is 9.78 Å². The first-order chi connectivity index (χ1) is 12.2. The van der Waals surface area contributed by atoms with E-state index in [2.05, 4.69) is 4.98 Å². The Balaban J connectivity index is 2.31. The highest BCUT2D eigenvalue weighted by Crippen LogP contribution is 2.32. The quantitative estimate of drug-likeness (QED) is 0.715. The van der Waals surface area contributed by atoms with Crippen molar-refractivity contribution in [3.05, 3.63) is 22.7 Å². The Labute approximate surface area is 157 Å². The third-order valence-corrected chi connectivity index (χ3v) is 4.46. The molecule has 1 atom stereocenters. The summed E-state index contributed by atoms with van der Waals surface area (Å²) in [6.45, 7) is 2.27. The van der Waals surface area contributed by atoms with Crippen LogP contribution in [0, 0.1) is 0 Å². The van der Waals surface area contributed by atoms with Crippen LogP contribution < -0.4 is 11.5 Å². The summed E-state index contributed by atoms with van der Waals surface area (Å²) in [6, 6.07) is 3.40. The Bertz CT molecular complexity index is 818. The first-order valence-corrected chi connectivity index (χ1v) is 8.71. The molecule has 0 aliphatic rings. The number of anilines is 1. The van der Waals surface area contributed by atoms with Crippen molar-refractivity contribution in [3.63, 3.8) is 0 Å². The number of hydrogen-bond acceptors (Lipinski definition) is 5. The van der Waals surface area contributed by atoms with Crippen molar-refractivity contribution in [2.45, 2.75) is 32.2 Å². The number of imidazole rings is 1. The molecule has 0 aliphatic carbocycles. The van der Waals surface area contributed by atoms with Gasteiger partial charge in [0.2, 0.25) is 5.95 Å². The predicted octanol–water partition coefficient (Wildman–Crippen LogP) is 2.80. The second-order valence-electron chi connectivity index (χ2n) is 6.34. The zero-order valence-corrected chi connectivity index (χ0v) is 15.9. The summed E-state index contributed by atoms with van der Waals surface area (Å²) in [5.41, 5.74) is 12.7. The van der Waals surface area contributed by atoms with E-state index in [1.54, 1.807) is 26.2 Å². The fourth-order valence-electron chi connectivity index (χ4n) is 2.90. The predicted molar refractivity (Wildman–Crippen MR) is 101 cm³/mol. The molecule has 1 aromatic heterocycles. The van der Waals surface area contributed by atoms with E-state index >= 15 is 0 Å². The lowest BCUT2D eigenvalue weighted by atomic mass is 10.1. The first-order valence-electron chi connectivity index (χ1n) is 8.33. The minimum Gasteiger partial charge on any atom is -0.450 e. The number of hydrogen-bond donors (Lipinski definition) is 2. The van der Waals surface area contributed by atoms with Gasteiger partial charge in [0.1, 0.15) is 0 Å². The van der Waals surface area contributed by atoms with Gasteiger partial charge in [0, 0.05) is 20.1 Å². The average molecular weight is 382 g/mol. The molecule has 0 aliphatic heterocycles. The third-order valence-electron chi connectivity index (χ3n) is 4.15. The van der Waals surface area contributed by atoms with Crippen LogP contribution in [0.4, 0.5) is 10.7 Å². The summed E-state index contributed by atoms with van der Waals surface area (Å²) < 4.78 is 6.57. The molecule has 0 bridgehead atoms. The Morgan fingerprint density at radius 3 is 2.65 bits per heavy atom. The summed E-state index contributed by atoms with van der Waals surface area (Å²) in [7, 11) is 3.34. The van der Waals surface area contributed by atoms with Crippen LogP contribution in [-0.4, -0.2) is 47.2 Å². The topological polar surface area (TPSA) is 116 Å².